The maximum Gasteiger partial charge on any atom is 0.387 e. The minimum Gasteiger partial charge on any atom is -0.493 e. The van der Waals surface area contributed by atoms with E-state index in [2.05, 4.69) is 4.74 Å². The first-order chi connectivity index (χ1) is 9.51. The number of halogens is 3. The Morgan fingerprint density at radius 3 is 2.67 bits per heavy atom. The fourth-order valence-electron chi connectivity index (χ4n) is 2.15. The van der Waals surface area contributed by atoms with Gasteiger partial charge in [0.1, 0.15) is 0 Å². The van der Waals surface area contributed by atoms with E-state index in [1.165, 1.54) is 25.3 Å². The van der Waals surface area contributed by atoms with Crippen molar-refractivity contribution in [3.8, 4) is 11.5 Å². The van der Waals surface area contributed by atoms with Gasteiger partial charge in [-0.25, -0.2) is 0 Å². The number of likely N-dealkylation sites (tertiary alicyclic amines) is 1. The maximum absolute atomic E-state index is 12.3. The number of hydrogen-bond acceptors (Lipinski definition) is 4. The lowest BCUT2D eigenvalue weighted by atomic mass is 10.1. The molecule has 5 nitrogen and oxygen atoms in total. The third-order valence-corrected chi connectivity index (χ3v) is 3.14. The van der Waals surface area contributed by atoms with Crippen LogP contribution in [-0.4, -0.2) is 43.7 Å². The number of carbonyl (C=O) groups excluding carboxylic acids is 1. The van der Waals surface area contributed by atoms with E-state index < -0.39 is 6.61 Å². The van der Waals surface area contributed by atoms with E-state index in [0.29, 0.717) is 13.1 Å². The summed E-state index contributed by atoms with van der Waals surface area (Å²) in [4.78, 5) is 13.8. The largest absolute Gasteiger partial charge is 0.493 e. The van der Waals surface area contributed by atoms with Gasteiger partial charge in [0.15, 0.2) is 11.5 Å². The van der Waals surface area contributed by atoms with Crippen LogP contribution in [0.5, 0.6) is 11.5 Å². The van der Waals surface area contributed by atoms with Gasteiger partial charge in [-0.3, -0.25) is 4.79 Å². The first-order valence-electron chi connectivity index (χ1n) is 6.19. The Morgan fingerprint density at radius 1 is 1.43 bits per heavy atom. The highest BCUT2D eigenvalue weighted by Gasteiger charge is 2.25. The molecule has 2 N–H and O–H groups in total. The van der Waals surface area contributed by atoms with E-state index in [0.717, 1.165) is 6.42 Å². The Balaban J connectivity index is 0.00000220. The number of rotatable bonds is 4. The SMILES string of the molecule is COc1ccc(C(=O)N2CC[C@@H](N)C2)cc1OC(F)F.Cl. The van der Waals surface area contributed by atoms with Crippen LogP contribution < -0.4 is 15.2 Å². The molecule has 0 spiro atoms. The molecule has 1 amide bonds. The predicted octanol–water partition coefficient (Wildman–Crippen LogP) is 1.89. The molecule has 1 aromatic carbocycles. The fourth-order valence-corrected chi connectivity index (χ4v) is 2.15. The lowest BCUT2D eigenvalue weighted by molar-refractivity contribution is -0.0512. The van der Waals surface area contributed by atoms with Gasteiger partial charge in [0.25, 0.3) is 5.91 Å². The molecule has 0 radical (unpaired) electrons. The number of ether oxygens (including phenoxy) is 2. The lowest BCUT2D eigenvalue weighted by Gasteiger charge is -2.17. The molecule has 0 bridgehead atoms. The van der Waals surface area contributed by atoms with Crippen molar-refractivity contribution in [1.29, 1.82) is 0 Å². The first kappa shape index (κ1) is 17.5. The monoisotopic (exact) mass is 322 g/mol. The Kier molecular flexibility index (Phi) is 6.17. The van der Waals surface area contributed by atoms with Crippen molar-refractivity contribution < 1.29 is 23.0 Å². The minimum atomic E-state index is -2.98. The molecule has 1 aromatic rings. The van der Waals surface area contributed by atoms with Crippen LogP contribution in [0.3, 0.4) is 0 Å². The number of methoxy groups -OCH3 is 1. The molecule has 0 aliphatic carbocycles. The molecule has 1 aliphatic rings. The summed E-state index contributed by atoms with van der Waals surface area (Å²) in [6, 6.07) is 4.18. The van der Waals surface area contributed by atoms with Crippen LogP contribution >= 0.6 is 12.4 Å². The van der Waals surface area contributed by atoms with Gasteiger partial charge in [0, 0.05) is 24.7 Å². The zero-order valence-corrected chi connectivity index (χ0v) is 12.2. The van der Waals surface area contributed by atoms with E-state index in [-0.39, 0.29) is 41.4 Å². The zero-order chi connectivity index (χ0) is 14.7. The van der Waals surface area contributed by atoms with Gasteiger partial charge in [-0.1, -0.05) is 0 Å². The van der Waals surface area contributed by atoms with Crippen molar-refractivity contribution in [1.82, 2.24) is 4.90 Å². The second-order valence-electron chi connectivity index (χ2n) is 4.54. The number of hydrogen-bond donors (Lipinski definition) is 1. The fraction of sp³-hybridized carbons (Fsp3) is 0.462. The quantitative estimate of drug-likeness (QED) is 0.919. The average Bonchev–Trinajstić information content (AvgIpc) is 2.84. The van der Waals surface area contributed by atoms with Crippen LogP contribution in [0.25, 0.3) is 0 Å². The Hall–Kier alpha value is -1.60. The average molecular weight is 323 g/mol. The summed E-state index contributed by atoms with van der Waals surface area (Å²) >= 11 is 0. The molecule has 0 saturated carbocycles. The molecule has 0 unspecified atom stereocenters. The minimum absolute atomic E-state index is 0. The highest BCUT2D eigenvalue weighted by molar-refractivity contribution is 5.95. The van der Waals surface area contributed by atoms with Gasteiger partial charge in [0.2, 0.25) is 0 Å². The smallest absolute Gasteiger partial charge is 0.387 e. The second-order valence-corrected chi connectivity index (χ2v) is 4.54. The topological polar surface area (TPSA) is 64.8 Å². The molecular weight excluding hydrogens is 306 g/mol. The van der Waals surface area contributed by atoms with Crippen molar-refractivity contribution >= 4 is 18.3 Å². The van der Waals surface area contributed by atoms with Crippen LogP contribution in [0.4, 0.5) is 8.78 Å². The predicted molar refractivity (Wildman–Crippen MR) is 75.4 cm³/mol. The summed E-state index contributed by atoms with van der Waals surface area (Å²) in [6.07, 6.45) is 0.738. The summed E-state index contributed by atoms with van der Waals surface area (Å²) in [6.45, 7) is -1.94. The summed E-state index contributed by atoms with van der Waals surface area (Å²) < 4.78 is 33.9. The van der Waals surface area contributed by atoms with E-state index in [1.807, 2.05) is 0 Å². The van der Waals surface area contributed by atoms with Crippen molar-refractivity contribution in [2.75, 3.05) is 20.2 Å². The molecule has 21 heavy (non-hydrogen) atoms. The van der Waals surface area contributed by atoms with Crippen LogP contribution in [0, 0.1) is 0 Å². The van der Waals surface area contributed by atoms with Gasteiger partial charge < -0.3 is 20.1 Å². The lowest BCUT2D eigenvalue weighted by Crippen LogP contribution is -2.31. The van der Waals surface area contributed by atoms with E-state index >= 15 is 0 Å². The summed E-state index contributed by atoms with van der Waals surface area (Å²) in [5.74, 6) is -0.253. The van der Waals surface area contributed by atoms with Gasteiger partial charge in [-0.05, 0) is 24.6 Å². The van der Waals surface area contributed by atoms with Crippen LogP contribution in [0.1, 0.15) is 16.8 Å². The van der Waals surface area contributed by atoms with Crippen molar-refractivity contribution in [2.24, 2.45) is 5.73 Å². The molecule has 1 atom stereocenters. The Bertz CT molecular complexity index is 502. The Labute approximate surface area is 127 Å². The highest BCUT2D eigenvalue weighted by atomic mass is 35.5. The van der Waals surface area contributed by atoms with Crippen LogP contribution in [-0.2, 0) is 0 Å². The molecule has 0 aromatic heterocycles. The molecule has 8 heteroatoms. The van der Waals surface area contributed by atoms with Crippen molar-refractivity contribution in [3.63, 3.8) is 0 Å². The number of nitrogens with zero attached hydrogens (tertiary/aromatic N) is 1. The van der Waals surface area contributed by atoms with Gasteiger partial charge >= 0.3 is 6.61 Å². The van der Waals surface area contributed by atoms with Crippen LogP contribution in [0.2, 0.25) is 0 Å². The number of nitrogens with two attached hydrogens (primary N) is 1. The molecule has 1 aliphatic heterocycles. The number of amides is 1. The van der Waals surface area contributed by atoms with E-state index in [4.69, 9.17) is 10.5 Å². The zero-order valence-electron chi connectivity index (χ0n) is 11.4. The van der Waals surface area contributed by atoms with Crippen molar-refractivity contribution in [3.05, 3.63) is 23.8 Å². The van der Waals surface area contributed by atoms with Crippen LogP contribution in [0.15, 0.2) is 18.2 Å². The van der Waals surface area contributed by atoms with E-state index in [9.17, 15) is 13.6 Å². The first-order valence-corrected chi connectivity index (χ1v) is 6.19. The van der Waals surface area contributed by atoms with Crippen molar-refractivity contribution in [2.45, 2.75) is 19.1 Å². The molecule has 1 saturated heterocycles. The molecule has 118 valence electrons. The molecular formula is C13H17ClF2N2O3. The highest BCUT2D eigenvalue weighted by Crippen LogP contribution is 2.30. The van der Waals surface area contributed by atoms with E-state index in [1.54, 1.807) is 4.90 Å². The third kappa shape index (κ3) is 4.18. The second kappa shape index (κ2) is 7.42. The number of carbonyl (C=O) groups is 1. The standard InChI is InChI=1S/C13H16F2N2O3.ClH/c1-19-10-3-2-8(6-11(10)20-13(14)15)12(18)17-5-4-9(16)7-17;/h2-3,6,9,13H,4-5,7,16H2,1H3;1H/t9-;/m1./s1. The van der Waals surface area contributed by atoms with Gasteiger partial charge in [-0.15, -0.1) is 12.4 Å². The van der Waals surface area contributed by atoms with Gasteiger partial charge in [-0.2, -0.15) is 8.78 Å². The number of benzene rings is 1. The molecule has 1 fully saturated rings. The maximum atomic E-state index is 12.3. The summed E-state index contributed by atoms with van der Waals surface area (Å²) in [5.41, 5.74) is 6.02. The van der Waals surface area contributed by atoms with Gasteiger partial charge in [0.05, 0.1) is 7.11 Å². The molecule has 1 heterocycles. The third-order valence-electron chi connectivity index (χ3n) is 3.14. The number of alkyl halides is 2. The molecule has 2 rings (SSSR count). The summed E-state index contributed by atoms with van der Waals surface area (Å²) in [7, 11) is 1.34. The summed E-state index contributed by atoms with van der Waals surface area (Å²) in [5, 5.41) is 0. The Morgan fingerprint density at radius 2 is 2.14 bits per heavy atom. The normalized spacial score (nSPS) is 17.6.